The van der Waals surface area contributed by atoms with E-state index in [-0.39, 0.29) is 25.4 Å². The van der Waals surface area contributed by atoms with Crippen molar-refractivity contribution in [2.75, 3.05) is 13.7 Å². The number of methoxy groups -OCH3 is 1. The van der Waals surface area contributed by atoms with E-state index < -0.39 is 29.8 Å². The van der Waals surface area contributed by atoms with E-state index in [4.69, 9.17) is 4.74 Å². The van der Waals surface area contributed by atoms with Crippen LogP contribution in [0, 0.1) is 0 Å². The van der Waals surface area contributed by atoms with Crippen LogP contribution in [-0.4, -0.2) is 53.5 Å². The summed E-state index contributed by atoms with van der Waals surface area (Å²) in [5.41, 5.74) is -0.634. The van der Waals surface area contributed by atoms with E-state index in [0.29, 0.717) is 0 Å². The molecule has 2 atom stereocenters. The minimum Gasteiger partial charge on any atom is -0.467 e. The first kappa shape index (κ1) is 17.0. The molecule has 1 saturated heterocycles. The second kappa shape index (κ2) is 6.24. The summed E-state index contributed by atoms with van der Waals surface area (Å²) in [7, 11) is 1.25. The van der Waals surface area contributed by atoms with Gasteiger partial charge < -0.3 is 14.6 Å². The number of carbonyl (C=O) groups is 2. The lowest BCUT2D eigenvalue weighted by Gasteiger charge is -2.27. The number of amides is 1. The summed E-state index contributed by atoms with van der Waals surface area (Å²) in [4.78, 5) is 24.5. The quantitative estimate of drug-likeness (QED) is 0.724. The number of esters is 1. The van der Waals surface area contributed by atoms with Crippen LogP contribution in [0.2, 0.25) is 0 Å². The molecule has 1 aliphatic heterocycles. The first-order valence-corrected chi connectivity index (χ1v) is 5.50. The number of rotatable bonds is 1. The van der Waals surface area contributed by atoms with Crippen molar-refractivity contribution < 1.29 is 24.2 Å². The van der Waals surface area contributed by atoms with E-state index in [2.05, 4.69) is 4.74 Å². The molecule has 6 nitrogen and oxygen atoms in total. The highest BCUT2D eigenvalue weighted by atomic mass is 35.5. The highest BCUT2D eigenvalue weighted by Gasteiger charge is 2.41. The number of aliphatic hydroxyl groups excluding tert-OH is 1. The summed E-state index contributed by atoms with van der Waals surface area (Å²) in [6.45, 7) is 5.31. The monoisotopic (exact) mass is 281 g/mol. The maximum Gasteiger partial charge on any atom is 0.411 e. The smallest absolute Gasteiger partial charge is 0.411 e. The van der Waals surface area contributed by atoms with Gasteiger partial charge in [-0.3, -0.25) is 4.90 Å². The van der Waals surface area contributed by atoms with Gasteiger partial charge in [-0.2, -0.15) is 0 Å². The Bertz CT molecular complexity index is 315. The Morgan fingerprint density at radius 1 is 1.33 bits per heavy atom. The molecular weight excluding hydrogens is 262 g/mol. The van der Waals surface area contributed by atoms with Gasteiger partial charge in [-0.15, -0.1) is 12.4 Å². The SMILES string of the molecule is COC(=O)C1CC(O)CN1C(=O)OC(C)(C)C.Cl. The van der Waals surface area contributed by atoms with Gasteiger partial charge in [-0.05, 0) is 20.8 Å². The summed E-state index contributed by atoms with van der Waals surface area (Å²) >= 11 is 0. The summed E-state index contributed by atoms with van der Waals surface area (Å²) in [5.74, 6) is -0.535. The second-order valence-corrected chi connectivity index (χ2v) is 5.06. The van der Waals surface area contributed by atoms with Crippen molar-refractivity contribution in [3.8, 4) is 0 Å². The minimum absolute atomic E-state index is 0. The van der Waals surface area contributed by atoms with E-state index in [1.807, 2.05) is 0 Å². The van der Waals surface area contributed by atoms with Gasteiger partial charge in [0.2, 0.25) is 0 Å². The molecule has 0 saturated carbocycles. The van der Waals surface area contributed by atoms with E-state index in [1.165, 1.54) is 12.0 Å². The summed E-state index contributed by atoms with van der Waals surface area (Å²) in [6, 6.07) is -0.759. The van der Waals surface area contributed by atoms with Crippen molar-refractivity contribution >= 4 is 24.5 Å². The highest BCUT2D eigenvalue weighted by molar-refractivity contribution is 5.85. The van der Waals surface area contributed by atoms with Crippen LogP contribution >= 0.6 is 12.4 Å². The van der Waals surface area contributed by atoms with Gasteiger partial charge in [0.15, 0.2) is 0 Å². The average Bonchev–Trinajstić information content (AvgIpc) is 2.56. The van der Waals surface area contributed by atoms with Crippen LogP contribution in [0.25, 0.3) is 0 Å². The molecule has 1 aliphatic rings. The Labute approximate surface area is 113 Å². The molecule has 1 rings (SSSR count). The molecule has 1 N–H and O–H groups in total. The summed E-state index contributed by atoms with van der Waals surface area (Å²) < 4.78 is 9.76. The Hall–Kier alpha value is -1.01. The molecule has 7 heteroatoms. The van der Waals surface area contributed by atoms with Crippen LogP contribution in [0.15, 0.2) is 0 Å². The zero-order valence-electron chi connectivity index (χ0n) is 11.0. The van der Waals surface area contributed by atoms with Gasteiger partial charge in [-0.1, -0.05) is 0 Å². The predicted molar refractivity (Wildman–Crippen MR) is 66.6 cm³/mol. The molecule has 0 aromatic heterocycles. The lowest BCUT2D eigenvalue weighted by Crippen LogP contribution is -2.43. The van der Waals surface area contributed by atoms with Crippen molar-refractivity contribution in [2.24, 2.45) is 0 Å². The van der Waals surface area contributed by atoms with Crippen LogP contribution in [-0.2, 0) is 14.3 Å². The van der Waals surface area contributed by atoms with Crippen molar-refractivity contribution in [3.05, 3.63) is 0 Å². The zero-order valence-corrected chi connectivity index (χ0v) is 11.8. The number of β-amino-alcohol motifs (C(OH)–C–C–N with tert-alkyl or cyclic N) is 1. The fourth-order valence-electron chi connectivity index (χ4n) is 1.70. The van der Waals surface area contributed by atoms with Gasteiger partial charge in [0.1, 0.15) is 11.6 Å². The number of nitrogens with zero attached hydrogens (tertiary/aromatic N) is 1. The normalized spacial score (nSPS) is 23.3. The molecule has 18 heavy (non-hydrogen) atoms. The standard InChI is InChI=1S/C11H19NO5.ClH/c1-11(2,3)17-10(15)12-6-7(13)5-8(12)9(14)16-4;/h7-8,13H,5-6H2,1-4H3;1H. The zero-order chi connectivity index (χ0) is 13.2. The number of likely N-dealkylation sites (tertiary alicyclic amines) is 1. The van der Waals surface area contributed by atoms with Crippen LogP contribution in [0.3, 0.4) is 0 Å². The van der Waals surface area contributed by atoms with Crippen molar-refractivity contribution in [2.45, 2.75) is 44.9 Å². The van der Waals surface area contributed by atoms with Crippen LogP contribution < -0.4 is 0 Å². The largest absolute Gasteiger partial charge is 0.467 e. The number of hydrogen-bond donors (Lipinski definition) is 1. The van der Waals surface area contributed by atoms with Gasteiger partial charge in [0.25, 0.3) is 0 Å². The number of hydrogen-bond acceptors (Lipinski definition) is 5. The number of halogens is 1. The molecule has 0 bridgehead atoms. The Kier molecular flexibility index (Phi) is 5.89. The summed E-state index contributed by atoms with van der Waals surface area (Å²) in [5, 5.41) is 9.50. The maximum absolute atomic E-state index is 11.8. The Morgan fingerprint density at radius 3 is 2.33 bits per heavy atom. The van der Waals surface area contributed by atoms with Crippen LogP contribution in [0.5, 0.6) is 0 Å². The van der Waals surface area contributed by atoms with Crippen molar-refractivity contribution in [1.82, 2.24) is 4.90 Å². The van der Waals surface area contributed by atoms with Gasteiger partial charge >= 0.3 is 12.1 Å². The van der Waals surface area contributed by atoms with Gasteiger partial charge in [0, 0.05) is 6.42 Å². The van der Waals surface area contributed by atoms with E-state index >= 15 is 0 Å². The summed E-state index contributed by atoms with van der Waals surface area (Å²) in [6.07, 6.45) is -1.14. The molecular formula is C11H20ClNO5. The van der Waals surface area contributed by atoms with Gasteiger partial charge in [0.05, 0.1) is 19.8 Å². The third-order valence-corrected chi connectivity index (χ3v) is 2.38. The molecule has 0 aromatic rings. The van der Waals surface area contributed by atoms with Crippen molar-refractivity contribution in [3.63, 3.8) is 0 Å². The molecule has 1 amide bonds. The fraction of sp³-hybridized carbons (Fsp3) is 0.818. The number of aliphatic hydroxyl groups is 1. The highest BCUT2D eigenvalue weighted by Crippen LogP contribution is 2.22. The second-order valence-electron chi connectivity index (χ2n) is 5.06. The third-order valence-electron chi connectivity index (χ3n) is 2.38. The molecule has 0 aromatic carbocycles. The molecule has 0 aliphatic carbocycles. The lowest BCUT2D eigenvalue weighted by molar-refractivity contribution is -0.145. The Balaban J connectivity index is 0.00000289. The molecule has 1 heterocycles. The van der Waals surface area contributed by atoms with E-state index in [9.17, 15) is 14.7 Å². The van der Waals surface area contributed by atoms with Crippen LogP contribution in [0.1, 0.15) is 27.2 Å². The molecule has 0 spiro atoms. The molecule has 2 unspecified atom stereocenters. The molecule has 0 radical (unpaired) electrons. The third kappa shape index (κ3) is 4.34. The van der Waals surface area contributed by atoms with Gasteiger partial charge in [-0.25, -0.2) is 9.59 Å². The number of ether oxygens (including phenoxy) is 2. The number of carbonyl (C=O) groups excluding carboxylic acids is 2. The predicted octanol–water partition coefficient (Wildman–Crippen LogP) is 0.951. The van der Waals surface area contributed by atoms with E-state index in [0.717, 1.165) is 0 Å². The fourth-order valence-corrected chi connectivity index (χ4v) is 1.70. The van der Waals surface area contributed by atoms with Crippen molar-refractivity contribution in [1.29, 1.82) is 0 Å². The first-order valence-electron chi connectivity index (χ1n) is 5.50. The minimum atomic E-state index is -0.759. The molecule has 106 valence electrons. The van der Waals surface area contributed by atoms with Crippen LogP contribution in [0.4, 0.5) is 4.79 Å². The van der Waals surface area contributed by atoms with E-state index in [1.54, 1.807) is 20.8 Å². The maximum atomic E-state index is 11.8. The Morgan fingerprint density at radius 2 is 1.89 bits per heavy atom. The topological polar surface area (TPSA) is 76.1 Å². The molecule has 1 fully saturated rings. The first-order chi connectivity index (χ1) is 7.74. The lowest BCUT2D eigenvalue weighted by atomic mass is 10.2. The average molecular weight is 282 g/mol.